The Kier molecular flexibility index (Phi) is 7.43. The van der Waals surface area contributed by atoms with Crippen molar-refractivity contribution in [3.63, 3.8) is 0 Å². The second-order valence-electron chi connectivity index (χ2n) is 8.46. The molecule has 0 spiro atoms. The van der Waals surface area contributed by atoms with Gasteiger partial charge in [0.1, 0.15) is 0 Å². The van der Waals surface area contributed by atoms with Crippen LogP contribution >= 0.6 is 22.9 Å². The lowest BCUT2D eigenvalue weighted by Gasteiger charge is -2.21. The summed E-state index contributed by atoms with van der Waals surface area (Å²) in [6.07, 6.45) is 1.22. The topological polar surface area (TPSA) is 36.4 Å². The summed E-state index contributed by atoms with van der Waals surface area (Å²) in [5.74, 6) is 0.0593. The van der Waals surface area contributed by atoms with E-state index in [1.165, 1.54) is 5.56 Å². The van der Waals surface area contributed by atoms with Crippen molar-refractivity contribution in [2.24, 2.45) is 0 Å². The van der Waals surface area contributed by atoms with E-state index in [1.54, 1.807) is 11.3 Å². The van der Waals surface area contributed by atoms with Gasteiger partial charge >= 0.3 is 0 Å². The van der Waals surface area contributed by atoms with Gasteiger partial charge in [0.2, 0.25) is 5.91 Å². The van der Waals surface area contributed by atoms with Crippen LogP contribution in [0.2, 0.25) is 5.02 Å². The third-order valence-corrected chi connectivity index (χ3v) is 7.13. The zero-order valence-electron chi connectivity index (χ0n) is 19.2. The minimum Gasteiger partial charge on any atom is -0.309 e. The Hall–Kier alpha value is -2.73. The highest BCUT2D eigenvalue weighted by Crippen LogP contribution is 2.34. The summed E-state index contributed by atoms with van der Waals surface area (Å²) in [6, 6.07) is 22.4. The Bertz CT molecular complexity index is 1240. The predicted octanol–water partition coefficient (Wildman–Crippen LogP) is 6.45. The van der Waals surface area contributed by atoms with Crippen LogP contribution in [0.25, 0.3) is 21.3 Å². The van der Waals surface area contributed by atoms with E-state index in [0.717, 1.165) is 45.0 Å². The molecule has 1 aromatic heterocycles. The Morgan fingerprint density at radius 2 is 1.64 bits per heavy atom. The van der Waals surface area contributed by atoms with E-state index < -0.39 is 0 Å². The van der Waals surface area contributed by atoms with Crippen LogP contribution in [0.5, 0.6) is 0 Å². The molecule has 1 amide bonds. The van der Waals surface area contributed by atoms with Crippen LogP contribution in [-0.2, 0) is 11.2 Å². The number of halogens is 1. The highest BCUT2D eigenvalue weighted by atomic mass is 35.5. The van der Waals surface area contributed by atoms with Gasteiger partial charge in [0.15, 0.2) is 5.13 Å². The minimum absolute atomic E-state index is 0.0593. The van der Waals surface area contributed by atoms with E-state index in [1.807, 2.05) is 68.4 Å². The van der Waals surface area contributed by atoms with Crippen molar-refractivity contribution in [2.45, 2.75) is 19.8 Å². The van der Waals surface area contributed by atoms with Crippen LogP contribution < -0.4 is 4.90 Å². The quantitative estimate of drug-likeness (QED) is 0.292. The number of hydrogen-bond donors (Lipinski definition) is 0. The molecule has 0 saturated carbocycles. The van der Waals surface area contributed by atoms with E-state index in [9.17, 15) is 4.79 Å². The normalized spacial score (nSPS) is 11.3. The molecule has 0 radical (unpaired) electrons. The van der Waals surface area contributed by atoms with Gasteiger partial charge in [-0.3, -0.25) is 9.69 Å². The Balaban J connectivity index is 1.56. The molecule has 4 rings (SSSR count). The van der Waals surface area contributed by atoms with Crippen LogP contribution in [0.4, 0.5) is 5.13 Å². The Morgan fingerprint density at radius 1 is 0.939 bits per heavy atom. The van der Waals surface area contributed by atoms with Gasteiger partial charge in [0, 0.05) is 11.6 Å². The average molecular weight is 478 g/mol. The molecular weight excluding hydrogens is 450 g/mol. The van der Waals surface area contributed by atoms with Crippen molar-refractivity contribution in [2.75, 3.05) is 32.1 Å². The monoisotopic (exact) mass is 477 g/mol. The van der Waals surface area contributed by atoms with Crippen LogP contribution in [0.3, 0.4) is 0 Å². The van der Waals surface area contributed by atoms with E-state index in [-0.39, 0.29) is 5.91 Å². The molecule has 0 aliphatic rings. The van der Waals surface area contributed by atoms with Crippen molar-refractivity contribution in [1.82, 2.24) is 9.88 Å². The molecule has 4 nitrogen and oxygen atoms in total. The number of fused-ring (bicyclic) bond motifs is 1. The first kappa shape index (κ1) is 23.4. The van der Waals surface area contributed by atoms with Crippen molar-refractivity contribution in [1.29, 1.82) is 0 Å². The summed E-state index contributed by atoms with van der Waals surface area (Å²) >= 11 is 7.85. The van der Waals surface area contributed by atoms with E-state index in [0.29, 0.717) is 18.0 Å². The fourth-order valence-electron chi connectivity index (χ4n) is 3.79. The van der Waals surface area contributed by atoms with Crippen LogP contribution in [-0.4, -0.2) is 43.0 Å². The van der Waals surface area contributed by atoms with E-state index in [2.05, 4.69) is 29.2 Å². The number of benzene rings is 3. The van der Waals surface area contributed by atoms with Crippen molar-refractivity contribution >= 4 is 44.2 Å². The van der Waals surface area contributed by atoms with Crippen LogP contribution in [0.1, 0.15) is 17.5 Å². The summed E-state index contributed by atoms with van der Waals surface area (Å²) in [7, 11) is 4.09. The molecule has 33 heavy (non-hydrogen) atoms. The molecule has 0 atom stereocenters. The number of carbonyl (C=O) groups is 1. The largest absolute Gasteiger partial charge is 0.309 e. The number of nitrogens with zero attached hydrogens (tertiary/aromatic N) is 3. The third-order valence-electron chi connectivity index (χ3n) is 5.67. The molecule has 0 bridgehead atoms. The molecule has 0 fully saturated rings. The van der Waals surface area contributed by atoms with Gasteiger partial charge < -0.3 is 4.90 Å². The molecule has 3 aromatic carbocycles. The van der Waals surface area contributed by atoms with E-state index >= 15 is 0 Å². The van der Waals surface area contributed by atoms with Gasteiger partial charge in [0.05, 0.1) is 16.6 Å². The van der Waals surface area contributed by atoms with E-state index in [4.69, 9.17) is 16.6 Å². The average Bonchev–Trinajstić information content (AvgIpc) is 3.25. The van der Waals surface area contributed by atoms with Gasteiger partial charge in [-0.2, -0.15) is 0 Å². The predicted molar refractivity (Wildman–Crippen MR) is 140 cm³/mol. The number of rotatable bonds is 8. The van der Waals surface area contributed by atoms with Crippen molar-refractivity contribution in [3.05, 3.63) is 82.9 Å². The summed E-state index contributed by atoms with van der Waals surface area (Å²) in [6.45, 7) is 3.51. The fraction of sp³-hybridized carbons (Fsp3) is 0.259. The number of aromatic nitrogens is 1. The first-order valence-corrected chi connectivity index (χ1v) is 12.3. The fourth-order valence-corrected chi connectivity index (χ4v) is 5.01. The van der Waals surface area contributed by atoms with Gasteiger partial charge in [-0.25, -0.2) is 4.98 Å². The highest BCUT2D eigenvalue weighted by molar-refractivity contribution is 7.22. The Labute approximate surface area is 204 Å². The molecule has 0 unspecified atom stereocenters. The lowest BCUT2D eigenvalue weighted by Crippen LogP contribution is -2.34. The molecule has 4 aromatic rings. The smallest absolute Gasteiger partial charge is 0.233 e. The molecule has 0 saturated heterocycles. The van der Waals surface area contributed by atoms with Crippen LogP contribution in [0.15, 0.2) is 66.7 Å². The first-order chi connectivity index (χ1) is 15.9. The molecule has 0 aliphatic carbocycles. The third kappa shape index (κ3) is 5.61. The number of aryl methyl sites for hydroxylation is 1. The molecule has 1 heterocycles. The van der Waals surface area contributed by atoms with Crippen LogP contribution in [0, 0.1) is 6.92 Å². The van der Waals surface area contributed by atoms with Gasteiger partial charge in [0.25, 0.3) is 0 Å². The molecule has 0 N–H and O–H groups in total. The first-order valence-electron chi connectivity index (χ1n) is 11.1. The second-order valence-corrected chi connectivity index (χ2v) is 9.87. The molecule has 0 aliphatic heterocycles. The number of thiazole rings is 1. The summed E-state index contributed by atoms with van der Waals surface area (Å²) in [5.41, 5.74) is 5.14. The number of hydrogen-bond acceptors (Lipinski definition) is 4. The zero-order chi connectivity index (χ0) is 23.4. The number of carbonyl (C=O) groups excluding carboxylic acids is 1. The van der Waals surface area contributed by atoms with Gasteiger partial charge in [-0.15, -0.1) is 0 Å². The lowest BCUT2D eigenvalue weighted by atomic mass is 10.0. The zero-order valence-corrected chi connectivity index (χ0v) is 20.8. The standard InChI is InChI=1S/C27H28ClN3OS/c1-19-23(28)14-15-24-26(19)29-27(33-24)31(17-7-16-30(2)3)25(32)18-20-10-12-22(13-11-20)21-8-5-4-6-9-21/h4-6,8-15H,7,16-18H2,1-3H3. The lowest BCUT2D eigenvalue weighted by molar-refractivity contribution is -0.118. The summed E-state index contributed by atoms with van der Waals surface area (Å²) in [5, 5.41) is 1.43. The maximum Gasteiger partial charge on any atom is 0.233 e. The SMILES string of the molecule is Cc1c(Cl)ccc2sc(N(CCCN(C)C)C(=O)Cc3ccc(-c4ccccc4)cc3)nc12. The maximum atomic E-state index is 13.4. The van der Waals surface area contributed by atoms with Gasteiger partial charge in [-0.1, -0.05) is 77.5 Å². The Morgan fingerprint density at radius 3 is 2.33 bits per heavy atom. The molecular formula is C27H28ClN3OS. The molecule has 170 valence electrons. The summed E-state index contributed by atoms with van der Waals surface area (Å²) < 4.78 is 1.05. The maximum absolute atomic E-state index is 13.4. The van der Waals surface area contributed by atoms with Crippen molar-refractivity contribution < 1.29 is 4.79 Å². The molecule has 6 heteroatoms. The summed E-state index contributed by atoms with van der Waals surface area (Å²) in [4.78, 5) is 22.2. The van der Waals surface area contributed by atoms with Crippen molar-refractivity contribution in [3.8, 4) is 11.1 Å². The second kappa shape index (κ2) is 10.5. The number of anilines is 1. The number of amides is 1. The minimum atomic E-state index is 0.0593. The highest BCUT2D eigenvalue weighted by Gasteiger charge is 2.21. The van der Waals surface area contributed by atoms with Gasteiger partial charge in [-0.05, 0) is 68.4 Å².